The van der Waals surface area contributed by atoms with Gasteiger partial charge in [0.1, 0.15) is 0 Å². The number of anilines is 1. The van der Waals surface area contributed by atoms with Gasteiger partial charge in [0.05, 0.1) is 0 Å². The summed E-state index contributed by atoms with van der Waals surface area (Å²) in [5, 5.41) is 0. The van der Waals surface area contributed by atoms with Crippen molar-refractivity contribution >= 4 is 21.6 Å². The lowest BCUT2D eigenvalue weighted by molar-refractivity contribution is 0.817. The molecule has 0 aliphatic rings. The van der Waals surface area contributed by atoms with E-state index in [2.05, 4.69) is 76.4 Å². The highest BCUT2D eigenvalue weighted by Crippen LogP contribution is 2.19. The van der Waals surface area contributed by atoms with Gasteiger partial charge in [-0.2, -0.15) is 0 Å². The fourth-order valence-corrected chi connectivity index (χ4v) is 2.25. The van der Waals surface area contributed by atoms with Crippen LogP contribution in [0.15, 0.2) is 53.0 Å². The summed E-state index contributed by atoms with van der Waals surface area (Å²) >= 11 is 3.45. The molecule has 0 amide bonds. The first-order valence-electron chi connectivity index (χ1n) is 6.37. The fourth-order valence-electron chi connectivity index (χ4n) is 1.99. The third kappa shape index (κ3) is 3.82. The molecule has 2 aromatic rings. The molecule has 3 heteroatoms. The molecule has 2 rings (SSSR count). The number of rotatable bonds is 4. The highest BCUT2D eigenvalue weighted by Gasteiger charge is 2.04. The second kappa shape index (κ2) is 6.22. The molecular weight excluding hydrogens is 300 g/mol. The van der Waals surface area contributed by atoms with Gasteiger partial charge >= 0.3 is 0 Å². The van der Waals surface area contributed by atoms with Crippen LogP contribution in [0.2, 0.25) is 0 Å². The Morgan fingerprint density at radius 3 is 2.16 bits per heavy atom. The minimum Gasteiger partial charge on any atom is -0.370 e. The summed E-state index contributed by atoms with van der Waals surface area (Å²) in [6.45, 7) is 2.89. The van der Waals surface area contributed by atoms with Crippen molar-refractivity contribution in [1.82, 2.24) is 0 Å². The van der Waals surface area contributed by atoms with E-state index in [1.807, 2.05) is 6.92 Å². The van der Waals surface area contributed by atoms with Crippen LogP contribution >= 0.6 is 15.9 Å². The highest BCUT2D eigenvalue weighted by molar-refractivity contribution is 9.10. The molecule has 2 aromatic carbocycles. The molecular formula is C16H19BrN2. The molecule has 0 aliphatic carbocycles. The van der Waals surface area contributed by atoms with E-state index < -0.39 is 0 Å². The maximum atomic E-state index is 5.86. The summed E-state index contributed by atoms with van der Waals surface area (Å²) < 4.78 is 1.11. The summed E-state index contributed by atoms with van der Waals surface area (Å²) in [7, 11) is 2.10. The third-order valence-electron chi connectivity index (χ3n) is 3.19. The molecule has 0 fully saturated rings. The molecule has 1 atom stereocenters. The van der Waals surface area contributed by atoms with Crippen LogP contribution in [0.25, 0.3) is 0 Å². The average Bonchev–Trinajstić information content (AvgIpc) is 2.41. The van der Waals surface area contributed by atoms with Gasteiger partial charge in [-0.15, -0.1) is 0 Å². The van der Waals surface area contributed by atoms with Gasteiger partial charge in [-0.1, -0.05) is 40.2 Å². The van der Waals surface area contributed by atoms with Gasteiger partial charge < -0.3 is 10.6 Å². The largest absolute Gasteiger partial charge is 0.370 e. The van der Waals surface area contributed by atoms with E-state index >= 15 is 0 Å². The maximum absolute atomic E-state index is 5.86. The lowest BCUT2D eigenvalue weighted by Gasteiger charge is -2.20. The Bertz CT molecular complexity index is 517. The van der Waals surface area contributed by atoms with Crippen molar-refractivity contribution in [2.24, 2.45) is 5.73 Å². The second-order valence-electron chi connectivity index (χ2n) is 4.86. The Morgan fingerprint density at radius 1 is 1.05 bits per heavy atom. The first kappa shape index (κ1) is 14.1. The molecule has 100 valence electrons. The van der Waals surface area contributed by atoms with Crippen LogP contribution in [-0.4, -0.2) is 7.05 Å². The van der Waals surface area contributed by atoms with Gasteiger partial charge in [-0.25, -0.2) is 0 Å². The van der Waals surface area contributed by atoms with E-state index in [-0.39, 0.29) is 6.04 Å². The Kier molecular flexibility index (Phi) is 4.61. The second-order valence-corrected chi connectivity index (χ2v) is 5.78. The van der Waals surface area contributed by atoms with Crippen LogP contribution < -0.4 is 10.6 Å². The van der Waals surface area contributed by atoms with Crippen LogP contribution in [0.3, 0.4) is 0 Å². The van der Waals surface area contributed by atoms with Crippen molar-refractivity contribution in [1.29, 1.82) is 0 Å². The van der Waals surface area contributed by atoms with Crippen molar-refractivity contribution in [3.05, 3.63) is 64.1 Å². The van der Waals surface area contributed by atoms with E-state index in [0.29, 0.717) is 0 Å². The van der Waals surface area contributed by atoms with Gasteiger partial charge in [-0.05, 0) is 42.3 Å². The number of nitrogens with zero attached hydrogens (tertiary/aromatic N) is 1. The summed E-state index contributed by atoms with van der Waals surface area (Å²) in [6, 6.07) is 16.9. The van der Waals surface area contributed by atoms with E-state index in [9.17, 15) is 0 Å². The smallest absolute Gasteiger partial charge is 0.0426 e. The molecule has 0 saturated heterocycles. The lowest BCUT2D eigenvalue weighted by Crippen LogP contribution is -2.16. The molecule has 0 unspecified atom stereocenters. The van der Waals surface area contributed by atoms with Gasteiger partial charge in [0.15, 0.2) is 0 Å². The molecule has 2 nitrogen and oxygen atoms in total. The quantitative estimate of drug-likeness (QED) is 0.919. The molecule has 19 heavy (non-hydrogen) atoms. The van der Waals surface area contributed by atoms with Gasteiger partial charge in [0.2, 0.25) is 0 Å². The predicted molar refractivity (Wildman–Crippen MR) is 85.3 cm³/mol. The predicted octanol–water partition coefficient (Wildman–Crippen LogP) is 4.11. The zero-order chi connectivity index (χ0) is 13.8. The standard InChI is InChI=1S/C16H19BrN2/c1-12(18)14-5-9-16(10-6-14)19(2)11-13-3-7-15(17)8-4-13/h3-10,12H,11,18H2,1-2H3/t12-/m0/s1. The Hall–Kier alpha value is -1.32. The number of halogens is 1. The van der Waals surface area contributed by atoms with Crippen LogP contribution in [0.4, 0.5) is 5.69 Å². The lowest BCUT2D eigenvalue weighted by atomic mass is 10.1. The number of hydrogen-bond donors (Lipinski definition) is 1. The SMILES string of the molecule is C[C@H](N)c1ccc(N(C)Cc2ccc(Br)cc2)cc1. The average molecular weight is 319 g/mol. The fraction of sp³-hybridized carbons (Fsp3) is 0.250. The maximum Gasteiger partial charge on any atom is 0.0426 e. The van der Waals surface area contributed by atoms with Crippen LogP contribution in [-0.2, 0) is 6.54 Å². The van der Waals surface area contributed by atoms with Crippen LogP contribution in [0.1, 0.15) is 24.1 Å². The Balaban J connectivity index is 2.07. The summed E-state index contributed by atoms with van der Waals surface area (Å²) in [5.74, 6) is 0. The molecule has 0 heterocycles. The van der Waals surface area contributed by atoms with E-state index in [4.69, 9.17) is 5.73 Å². The molecule has 0 bridgehead atoms. The minimum atomic E-state index is 0.0887. The van der Waals surface area contributed by atoms with E-state index in [1.165, 1.54) is 16.8 Å². The van der Waals surface area contributed by atoms with Crippen molar-refractivity contribution in [3.63, 3.8) is 0 Å². The third-order valence-corrected chi connectivity index (χ3v) is 3.72. The van der Waals surface area contributed by atoms with E-state index in [1.54, 1.807) is 0 Å². The first-order chi connectivity index (χ1) is 9.06. The molecule has 2 N–H and O–H groups in total. The van der Waals surface area contributed by atoms with Gasteiger partial charge in [-0.3, -0.25) is 0 Å². The van der Waals surface area contributed by atoms with Crippen molar-refractivity contribution < 1.29 is 0 Å². The van der Waals surface area contributed by atoms with E-state index in [0.717, 1.165) is 11.0 Å². The monoisotopic (exact) mass is 318 g/mol. The summed E-state index contributed by atoms with van der Waals surface area (Å²) in [4.78, 5) is 2.23. The minimum absolute atomic E-state index is 0.0887. The number of benzene rings is 2. The van der Waals surface area contributed by atoms with Crippen LogP contribution in [0, 0.1) is 0 Å². The normalized spacial score (nSPS) is 12.2. The molecule has 0 aromatic heterocycles. The van der Waals surface area contributed by atoms with Crippen molar-refractivity contribution in [2.45, 2.75) is 19.5 Å². The zero-order valence-electron chi connectivity index (χ0n) is 11.3. The summed E-state index contributed by atoms with van der Waals surface area (Å²) in [6.07, 6.45) is 0. The molecule has 0 aliphatic heterocycles. The number of hydrogen-bond acceptors (Lipinski definition) is 2. The van der Waals surface area contributed by atoms with Gasteiger partial charge in [0, 0.05) is 29.8 Å². The van der Waals surface area contributed by atoms with Crippen molar-refractivity contribution in [2.75, 3.05) is 11.9 Å². The Morgan fingerprint density at radius 2 is 1.63 bits per heavy atom. The molecule has 0 radical (unpaired) electrons. The van der Waals surface area contributed by atoms with Crippen LogP contribution in [0.5, 0.6) is 0 Å². The Labute approximate surface area is 123 Å². The topological polar surface area (TPSA) is 29.3 Å². The highest BCUT2D eigenvalue weighted by atomic mass is 79.9. The zero-order valence-corrected chi connectivity index (χ0v) is 12.9. The molecule has 0 spiro atoms. The number of nitrogens with two attached hydrogens (primary N) is 1. The van der Waals surface area contributed by atoms with Gasteiger partial charge in [0.25, 0.3) is 0 Å². The summed E-state index contributed by atoms with van der Waals surface area (Å²) in [5.41, 5.74) is 9.52. The first-order valence-corrected chi connectivity index (χ1v) is 7.16. The van der Waals surface area contributed by atoms with Crippen molar-refractivity contribution in [3.8, 4) is 0 Å². The molecule has 0 saturated carbocycles.